The lowest BCUT2D eigenvalue weighted by molar-refractivity contribution is -0.140. The highest BCUT2D eigenvalue weighted by Gasteiger charge is 2.46. The summed E-state index contributed by atoms with van der Waals surface area (Å²) < 4.78 is 2.52. The van der Waals surface area contributed by atoms with E-state index in [0.29, 0.717) is 24.3 Å². The number of aliphatic hydroxyl groups is 1. The summed E-state index contributed by atoms with van der Waals surface area (Å²) in [5.74, 6) is -1.37. The third-order valence-electron chi connectivity index (χ3n) is 6.31. The zero-order valence-corrected chi connectivity index (χ0v) is 19.6. The molecular weight excluding hydrogens is 460 g/mol. The first-order valence-corrected chi connectivity index (χ1v) is 11.4. The van der Waals surface area contributed by atoms with Crippen LogP contribution in [0.4, 0.5) is 0 Å². The van der Waals surface area contributed by atoms with E-state index in [9.17, 15) is 14.7 Å². The molecule has 8 heteroatoms. The summed E-state index contributed by atoms with van der Waals surface area (Å²) in [6.07, 6.45) is 2.32. The third kappa shape index (κ3) is 3.94. The number of carbonyl (C=O) groups is 2. The quantitative estimate of drug-likeness (QED) is 0.398. The third-order valence-corrected chi connectivity index (χ3v) is 6.80. The number of hydrogen-bond donors (Lipinski definition) is 1. The van der Waals surface area contributed by atoms with E-state index in [1.807, 2.05) is 31.2 Å². The molecule has 1 unspecified atom stereocenters. The van der Waals surface area contributed by atoms with Gasteiger partial charge in [-0.25, -0.2) is 0 Å². The van der Waals surface area contributed by atoms with Gasteiger partial charge in [-0.1, -0.05) is 28.1 Å². The molecule has 1 atom stereocenters. The van der Waals surface area contributed by atoms with E-state index >= 15 is 0 Å². The van der Waals surface area contributed by atoms with E-state index in [1.54, 1.807) is 23.6 Å². The number of halogens is 1. The summed E-state index contributed by atoms with van der Waals surface area (Å²) >= 11 is 3.49. The zero-order valence-electron chi connectivity index (χ0n) is 18.1. The summed E-state index contributed by atoms with van der Waals surface area (Å²) in [5.41, 5.74) is 2.79. The van der Waals surface area contributed by atoms with E-state index in [-0.39, 0.29) is 11.3 Å². The lowest BCUT2D eigenvalue weighted by Gasteiger charge is -2.27. The maximum Gasteiger partial charge on any atom is 0.295 e. The molecule has 3 heterocycles. The Kier molecular flexibility index (Phi) is 6.03. The number of aliphatic hydroxyl groups excluding tert-OH is 1. The molecule has 164 valence electrons. The minimum Gasteiger partial charge on any atom is -0.507 e. The first-order valence-electron chi connectivity index (χ1n) is 10.6. The Bertz CT molecular complexity index is 1070. The number of nitrogens with zero attached hydrogens (tertiary/aromatic N) is 4. The van der Waals surface area contributed by atoms with Crippen LogP contribution in [0.25, 0.3) is 5.76 Å². The zero-order chi connectivity index (χ0) is 22.3. The molecule has 0 bridgehead atoms. The second kappa shape index (κ2) is 8.59. The van der Waals surface area contributed by atoms with Gasteiger partial charge in [0.15, 0.2) is 0 Å². The van der Waals surface area contributed by atoms with E-state index in [0.717, 1.165) is 41.7 Å². The maximum atomic E-state index is 13.2. The fourth-order valence-corrected chi connectivity index (χ4v) is 5.06. The van der Waals surface area contributed by atoms with E-state index in [2.05, 4.69) is 25.9 Å². The fraction of sp³-hybridized carbons (Fsp3) is 0.435. The first-order chi connectivity index (χ1) is 14.8. The average molecular weight is 487 g/mol. The summed E-state index contributed by atoms with van der Waals surface area (Å²) in [4.78, 5) is 30.2. The highest BCUT2D eigenvalue weighted by atomic mass is 79.9. The van der Waals surface area contributed by atoms with Gasteiger partial charge < -0.3 is 14.9 Å². The van der Waals surface area contributed by atoms with Crippen molar-refractivity contribution in [3.8, 4) is 0 Å². The molecule has 31 heavy (non-hydrogen) atoms. The Balaban J connectivity index is 1.82. The Hall–Kier alpha value is -2.45. The molecule has 2 aliphatic rings. The number of likely N-dealkylation sites (tertiary alicyclic amines) is 2. The van der Waals surface area contributed by atoms with Crippen LogP contribution in [0.3, 0.4) is 0 Å². The Labute approximate surface area is 190 Å². The van der Waals surface area contributed by atoms with Gasteiger partial charge in [0, 0.05) is 30.3 Å². The molecule has 2 fully saturated rings. The molecule has 0 aliphatic carbocycles. The number of Topliss-reactive ketones (excluding diaryl/α,β-unsaturated/α-hetero) is 1. The topological polar surface area (TPSA) is 78.7 Å². The van der Waals surface area contributed by atoms with Gasteiger partial charge in [-0.05, 0) is 57.5 Å². The predicted molar refractivity (Wildman–Crippen MR) is 122 cm³/mol. The van der Waals surface area contributed by atoms with Crippen LogP contribution >= 0.6 is 15.9 Å². The standard InChI is InChI=1S/C23H27BrN4O3/c1-14-18(15(2)26(3)25-14)21(29)19-20(16-7-6-8-17(24)13-16)28(23(31)22(19)30)12-11-27-9-4-5-10-27/h6-8,13,20,29H,4-5,9-12H2,1-3H3/b21-19+. The molecule has 7 nitrogen and oxygen atoms in total. The number of benzene rings is 1. The number of rotatable bonds is 5. The molecule has 2 saturated heterocycles. The first kappa shape index (κ1) is 21.8. The van der Waals surface area contributed by atoms with Crippen LogP contribution in [0.15, 0.2) is 34.3 Å². The lowest BCUT2D eigenvalue weighted by Crippen LogP contribution is -2.37. The molecule has 1 aromatic heterocycles. The number of aryl methyl sites for hydroxylation is 2. The van der Waals surface area contributed by atoms with Crippen LogP contribution in [-0.4, -0.2) is 62.6 Å². The number of hydrogen-bond acceptors (Lipinski definition) is 5. The van der Waals surface area contributed by atoms with Crippen molar-refractivity contribution in [2.75, 3.05) is 26.2 Å². The van der Waals surface area contributed by atoms with Crippen molar-refractivity contribution in [2.24, 2.45) is 7.05 Å². The SMILES string of the molecule is Cc1nn(C)c(C)c1/C(O)=C1\C(=O)C(=O)N(CCN2CCCC2)C1c1cccc(Br)c1. The van der Waals surface area contributed by atoms with Gasteiger partial charge in [-0.2, -0.15) is 5.10 Å². The number of amides is 1. The molecule has 0 spiro atoms. The molecule has 1 aromatic carbocycles. The van der Waals surface area contributed by atoms with Crippen LogP contribution in [0.5, 0.6) is 0 Å². The number of carbonyl (C=O) groups excluding carboxylic acids is 2. The largest absolute Gasteiger partial charge is 0.507 e. The van der Waals surface area contributed by atoms with Gasteiger partial charge in [-0.15, -0.1) is 0 Å². The van der Waals surface area contributed by atoms with Crippen molar-refractivity contribution in [1.29, 1.82) is 0 Å². The second-order valence-electron chi connectivity index (χ2n) is 8.27. The molecule has 1 N–H and O–H groups in total. The van der Waals surface area contributed by atoms with Gasteiger partial charge in [0.2, 0.25) is 0 Å². The van der Waals surface area contributed by atoms with Crippen molar-refractivity contribution in [1.82, 2.24) is 19.6 Å². The molecule has 1 amide bonds. The summed E-state index contributed by atoms with van der Waals surface area (Å²) in [7, 11) is 1.79. The van der Waals surface area contributed by atoms with Crippen LogP contribution in [0.1, 0.15) is 41.4 Å². The molecule has 2 aliphatic heterocycles. The number of aromatic nitrogens is 2. The Morgan fingerprint density at radius 2 is 1.90 bits per heavy atom. The molecule has 4 rings (SSSR count). The van der Waals surface area contributed by atoms with Crippen molar-refractivity contribution in [3.05, 3.63) is 56.8 Å². The van der Waals surface area contributed by atoms with E-state index in [1.165, 1.54) is 0 Å². The highest BCUT2D eigenvalue weighted by Crippen LogP contribution is 2.40. The van der Waals surface area contributed by atoms with Crippen molar-refractivity contribution >= 4 is 33.4 Å². The summed E-state index contributed by atoms with van der Waals surface area (Å²) in [6.45, 7) is 6.80. The van der Waals surface area contributed by atoms with Gasteiger partial charge in [0.25, 0.3) is 11.7 Å². The fourth-order valence-electron chi connectivity index (χ4n) is 4.64. The monoisotopic (exact) mass is 486 g/mol. The Morgan fingerprint density at radius 1 is 1.19 bits per heavy atom. The Morgan fingerprint density at radius 3 is 2.52 bits per heavy atom. The molecule has 0 radical (unpaired) electrons. The van der Waals surface area contributed by atoms with Crippen molar-refractivity contribution < 1.29 is 14.7 Å². The maximum absolute atomic E-state index is 13.2. The van der Waals surface area contributed by atoms with Crippen LogP contribution in [-0.2, 0) is 16.6 Å². The smallest absolute Gasteiger partial charge is 0.295 e. The summed E-state index contributed by atoms with van der Waals surface area (Å²) in [6, 6.07) is 6.92. The molecule has 0 saturated carbocycles. The average Bonchev–Trinajstić information content (AvgIpc) is 3.40. The van der Waals surface area contributed by atoms with Gasteiger partial charge >= 0.3 is 0 Å². The van der Waals surface area contributed by atoms with E-state index < -0.39 is 17.7 Å². The predicted octanol–water partition coefficient (Wildman–Crippen LogP) is 3.32. The van der Waals surface area contributed by atoms with Gasteiger partial charge in [0.05, 0.1) is 22.9 Å². The normalized spacial score (nSPS) is 21.4. The summed E-state index contributed by atoms with van der Waals surface area (Å²) in [5, 5.41) is 15.7. The van der Waals surface area contributed by atoms with Crippen molar-refractivity contribution in [3.63, 3.8) is 0 Å². The van der Waals surface area contributed by atoms with Crippen molar-refractivity contribution in [2.45, 2.75) is 32.7 Å². The molecule has 2 aromatic rings. The van der Waals surface area contributed by atoms with Gasteiger partial charge in [-0.3, -0.25) is 14.3 Å². The van der Waals surface area contributed by atoms with Crippen LogP contribution < -0.4 is 0 Å². The number of ketones is 1. The minimum absolute atomic E-state index is 0.128. The highest BCUT2D eigenvalue weighted by molar-refractivity contribution is 9.10. The van der Waals surface area contributed by atoms with Crippen LogP contribution in [0.2, 0.25) is 0 Å². The van der Waals surface area contributed by atoms with Crippen LogP contribution in [0, 0.1) is 13.8 Å². The van der Waals surface area contributed by atoms with Gasteiger partial charge in [0.1, 0.15) is 5.76 Å². The van der Waals surface area contributed by atoms with E-state index in [4.69, 9.17) is 0 Å². The second-order valence-corrected chi connectivity index (χ2v) is 9.18. The molecular formula is C23H27BrN4O3. The lowest BCUT2D eigenvalue weighted by atomic mass is 9.94. The minimum atomic E-state index is -0.647.